The Kier molecular flexibility index (Phi) is 8.02. The van der Waals surface area contributed by atoms with Gasteiger partial charge in [0.05, 0.1) is 0 Å². The molecule has 0 aromatic heterocycles. The van der Waals surface area contributed by atoms with E-state index >= 15 is 0 Å². The highest BCUT2D eigenvalue weighted by Crippen LogP contribution is 2.89. The lowest BCUT2D eigenvalue weighted by atomic mass is 9.76. The van der Waals surface area contributed by atoms with Gasteiger partial charge >= 0.3 is 0 Å². The van der Waals surface area contributed by atoms with E-state index in [1.165, 1.54) is 44.0 Å². The van der Waals surface area contributed by atoms with Crippen molar-refractivity contribution in [3.63, 3.8) is 0 Å². The maximum absolute atomic E-state index is 7.95. The first-order valence-electron chi connectivity index (χ1n) is 13.6. The molecule has 5 heteroatoms. The second-order valence-corrected chi connectivity index (χ2v) is 24.1. The predicted octanol–water partition coefficient (Wildman–Crippen LogP) is 9.33. The summed E-state index contributed by atoms with van der Waals surface area (Å²) in [6.45, 7) is 27.1. The summed E-state index contributed by atoms with van der Waals surface area (Å²) in [6, 6.07) is 9.98. The van der Waals surface area contributed by atoms with Crippen molar-refractivity contribution in [2.75, 3.05) is 28.2 Å². The Morgan fingerprint density at radius 1 is 0.568 bits per heavy atom. The van der Waals surface area contributed by atoms with Gasteiger partial charge in [0.2, 0.25) is 14.2 Å². The van der Waals surface area contributed by atoms with Crippen molar-refractivity contribution in [3.05, 3.63) is 46.5 Å². The SMILES string of the molecule is CN(C)[P+]1(N(C)C)c2c(cc(C(C)(C)C)cc2C(C)(C)C)-c2cc(C(C)(C)C)cc(C(C)(C)C)c2P1Cl. The van der Waals surface area contributed by atoms with Crippen molar-refractivity contribution in [1.82, 2.24) is 9.34 Å². The topological polar surface area (TPSA) is 6.48 Å². The van der Waals surface area contributed by atoms with E-state index in [0.29, 0.717) is 0 Å². The fourth-order valence-corrected chi connectivity index (χ4v) is 18.5. The second kappa shape index (κ2) is 9.56. The van der Waals surface area contributed by atoms with Gasteiger partial charge in [-0.05, 0) is 67.3 Å². The van der Waals surface area contributed by atoms with Crippen LogP contribution in [0.15, 0.2) is 24.3 Å². The molecule has 1 aliphatic heterocycles. The Bertz CT molecular complexity index is 1180. The van der Waals surface area contributed by atoms with E-state index in [-0.39, 0.29) is 21.7 Å². The highest BCUT2D eigenvalue weighted by molar-refractivity contribution is 8.51. The minimum atomic E-state index is -2.11. The molecule has 0 saturated carbocycles. The highest BCUT2D eigenvalue weighted by Gasteiger charge is 2.62. The monoisotopic (exact) mass is 561 g/mol. The zero-order valence-corrected chi connectivity index (χ0v) is 29.0. The Labute approximate surface area is 235 Å². The number of rotatable bonds is 2. The molecule has 0 saturated heterocycles. The van der Waals surface area contributed by atoms with Gasteiger partial charge in [-0.2, -0.15) is 9.34 Å². The minimum absolute atomic E-state index is 0.0122. The van der Waals surface area contributed by atoms with Crippen molar-refractivity contribution in [2.45, 2.75) is 105 Å². The lowest BCUT2D eigenvalue weighted by Crippen LogP contribution is -2.43. The summed E-state index contributed by atoms with van der Waals surface area (Å²) in [5, 5.41) is 2.88. The molecule has 0 aliphatic carbocycles. The minimum Gasteiger partial charge on any atom is -0.162 e. The second-order valence-electron chi connectivity index (χ2n) is 15.4. The molecule has 0 bridgehead atoms. The van der Waals surface area contributed by atoms with E-state index in [2.05, 4.69) is 145 Å². The van der Waals surface area contributed by atoms with Gasteiger partial charge in [-0.25, -0.2) is 0 Å². The van der Waals surface area contributed by atoms with Gasteiger partial charge in [0.15, 0.2) is 0 Å². The lowest BCUT2D eigenvalue weighted by molar-refractivity contribution is 0.561. The maximum atomic E-state index is 7.95. The van der Waals surface area contributed by atoms with Crippen LogP contribution < -0.4 is 10.6 Å². The van der Waals surface area contributed by atoms with Crippen molar-refractivity contribution in [2.24, 2.45) is 0 Å². The van der Waals surface area contributed by atoms with Crippen molar-refractivity contribution in [3.8, 4) is 11.1 Å². The Hall–Kier alpha value is -0.490. The fraction of sp³-hybridized carbons (Fsp3) is 0.625. The Morgan fingerprint density at radius 2 is 0.946 bits per heavy atom. The lowest BCUT2D eigenvalue weighted by Gasteiger charge is -2.46. The van der Waals surface area contributed by atoms with Crippen LogP contribution in [0.1, 0.15) is 105 Å². The number of hydrogen-bond acceptors (Lipinski definition) is 2. The maximum Gasteiger partial charge on any atom is 0.225 e. The van der Waals surface area contributed by atoms with Crippen LogP contribution in [0.4, 0.5) is 0 Å². The van der Waals surface area contributed by atoms with Crippen LogP contribution in [0.3, 0.4) is 0 Å². The summed E-state index contributed by atoms with van der Waals surface area (Å²) in [4.78, 5) is 0. The molecular weight excluding hydrogens is 510 g/mol. The molecule has 1 heterocycles. The van der Waals surface area contributed by atoms with Crippen LogP contribution in [0.25, 0.3) is 11.1 Å². The molecule has 2 nitrogen and oxygen atoms in total. The first-order chi connectivity index (χ1) is 16.5. The summed E-state index contributed by atoms with van der Waals surface area (Å²) >= 11 is 7.95. The quantitative estimate of drug-likeness (QED) is 0.337. The Morgan fingerprint density at radius 3 is 1.30 bits per heavy atom. The molecule has 2 aromatic carbocycles. The largest absolute Gasteiger partial charge is 0.225 e. The van der Waals surface area contributed by atoms with Gasteiger partial charge < -0.3 is 0 Å². The number of nitrogens with zero attached hydrogens (tertiary/aromatic N) is 2. The van der Waals surface area contributed by atoms with Crippen LogP contribution in [-0.2, 0) is 21.7 Å². The average molecular weight is 562 g/mol. The van der Waals surface area contributed by atoms with Crippen LogP contribution in [0, 0.1) is 0 Å². The van der Waals surface area contributed by atoms with Gasteiger partial charge in [-0.1, -0.05) is 95.2 Å². The standard InChI is InChI=1S/C32H52ClN2P2/c1-29(2,3)21-17-23-24-18-22(30(4,5)6)20-26(32(10,11)12)28(24)37(34(13)14,35(15)16)36(33)27(23)25(19-21)31(7,8)9/h17-20H,1-16H3/q+1. The zero-order chi connectivity index (χ0) is 28.7. The summed E-state index contributed by atoms with van der Waals surface area (Å²) < 4.78 is 4.98. The molecule has 0 spiro atoms. The summed E-state index contributed by atoms with van der Waals surface area (Å²) in [6.07, 6.45) is 0. The van der Waals surface area contributed by atoms with Gasteiger partial charge in [-0.15, -0.1) is 0 Å². The molecule has 1 unspecified atom stereocenters. The van der Waals surface area contributed by atoms with E-state index in [0.717, 1.165) is 0 Å². The van der Waals surface area contributed by atoms with Gasteiger partial charge in [0, 0.05) is 44.6 Å². The van der Waals surface area contributed by atoms with E-state index in [9.17, 15) is 0 Å². The van der Waals surface area contributed by atoms with Crippen LogP contribution in [-0.4, -0.2) is 37.5 Å². The van der Waals surface area contributed by atoms with Crippen LogP contribution >= 0.6 is 25.5 Å². The third kappa shape index (κ3) is 5.21. The fourth-order valence-electron chi connectivity index (χ4n) is 5.51. The summed E-state index contributed by atoms with van der Waals surface area (Å²) in [7, 11) is 6.91. The van der Waals surface area contributed by atoms with E-state index in [1.54, 1.807) is 0 Å². The first-order valence-corrected chi connectivity index (χ1v) is 18.2. The smallest absolute Gasteiger partial charge is 0.162 e. The zero-order valence-electron chi connectivity index (χ0n) is 26.5. The third-order valence-corrected chi connectivity index (χ3v) is 19.6. The molecule has 0 radical (unpaired) electrons. The molecule has 206 valence electrons. The van der Waals surface area contributed by atoms with E-state index < -0.39 is 14.2 Å². The van der Waals surface area contributed by atoms with Crippen molar-refractivity contribution in [1.29, 1.82) is 0 Å². The van der Waals surface area contributed by atoms with E-state index in [4.69, 9.17) is 11.2 Å². The molecule has 0 amide bonds. The molecule has 37 heavy (non-hydrogen) atoms. The normalized spacial score (nSPS) is 18.3. The molecule has 0 fully saturated rings. The molecule has 1 aliphatic rings. The van der Waals surface area contributed by atoms with Crippen LogP contribution in [0.2, 0.25) is 0 Å². The molecule has 1 atom stereocenters. The van der Waals surface area contributed by atoms with Crippen molar-refractivity contribution < 1.29 is 0 Å². The van der Waals surface area contributed by atoms with E-state index in [1.807, 2.05) is 0 Å². The molecule has 0 N–H and O–H groups in total. The summed E-state index contributed by atoms with van der Waals surface area (Å²) in [5.41, 5.74) is 8.48. The number of hydrogen-bond donors (Lipinski definition) is 0. The van der Waals surface area contributed by atoms with Crippen LogP contribution in [0.5, 0.6) is 0 Å². The molecular formula is C32H52ClN2P2+. The predicted molar refractivity (Wildman–Crippen MR) is 173 cm³/mol. The third-order valence-electron chi connectivity index (χ3n) is 7.70. The average Bonchev–Trinajstić information content (AvgIpc) is 2.69. The number of fused-ring (bicyclic) bond motifs is 3. The van der Waals surface area contributed by atoms with Gasteiger partial charge in [0.1, 0.15) is 5.30 Å². The van der Waals surface area contributed by atoms with Crippen molar-refractivity contribution >= 4 is 36.1 Å². The highest BCUT2D eigenvalue weighted by atomic mass is 35.7. The molecule has 3 rings (SSSR count). The van der Waals surface area contributed by atoms with Gasteiger partial charge in [0.25, 0.3) is 0 Å². The number of benzene rings is 2. The number of halogens is 1. The summed E-state index contributed by atoms with van der Waals surface area (Å²) in [5.74, 6) is 0. The Balaban J connectivity index is 2.75. The molecule has 2 aromatic rings. The first kappa shape index (κ1) is 31.0. The van der Waals surface area contributed by atoms with Gasteiger partial charge in [-0.3, -0.25) is 0 Å².